The van der Waals surface area contributed by atoms with E-state index in [1.54, 1.807) is 7.11 Å². The lowest BCUT2D eigenvalue weighted by Crippen LogP contribution is -2.08. The highest BCUT2D eigenvalue weighted by Gasteiger charge is 2.03. The predicted molar refractivity (Wildman–Crippen MR) is 64.8 cm³/mol. The SMILES string of the molecule is COc1ccc2cccc(N(C)C)c2c1. The van der Waals surface area contributed by atoms with Gasteiger partial charge >= 0.3 is 0 Å². The van der Waals surface area contributed by atoms with Gasteiger partial charge in [-0.25, -0.2) is 0 Å². The molecule has 2 aromatic carbocycles. The third-order valence-corrected chi connectivity index (χ3v) is 2.55. The van der Waals surface area contributed by atoms with Crippen LogP contribution in [0.5, 0.6) is 5.75 Å². The maximum absolute atomic E-state index is 5.24. The number of anilines is 1. The van der Waals surface area contributed by atoms with Gasteiger partial charge in [-0.15, -0.1) is 0 Å². The van der Waals surface area contributed by atoms with Gasteiger partial charge in [0, 0.05) is 25.2 Å². The fourth-order valence-corrected chi connectivity index (χ4v) is 1.75. The van der Waals surface area contributed by atoms with E-state index in [2.05, 4.69) is 35.2 Å². The first kappa shape index (κ1) is 9.84. The first-order chi connectivity index (χ1) is 7.22. The highest BCUT2D eigenvalue weighted by Crippen LogP contribution is 2.28. The minimum atomic E-state index is 0.900. The van der Waals surface area contributed by atoms with Gasteiger partial charge in [0.15, 0.2) is 0 Å². The maximum Gasteiger partial charge on any atom is 0.119 e. The molecule has 0 aliphatic rings. The number of benzene rings is 2. The van der Waals surface area contributed by atoms with Gasteiger partial charge in [-0.3, -0.25) is 0 Å². The van der Waals surface area contributed by atoms with Gasteiger partial charge in [-0.1, -0.05) is 18.2 Å². The molecule has 15 heavy (non-hydrogen) atoms. The first-order valence-electron chi connectivity index (χ1n) is 4.96. The second-order valence-corrected chi connectivity index (χ2v) is 3.76. The van der Waals surface area contributed by atoms with Crippen LogP contribution in [0.4, 0.5) is 5.69 Å². The Bertz CT molecular complexity index is 477. The van der Waals surface area contributed by atoms with Crippen LogP contribution in [0.25, 0.3) is 10.8 Å². The van der Waals surface area contributed by atoms with Crippen LogP contribution in [-0.4, -0.2) is 21.2 Å². The zero-order valence-electron chi connectivity index (χ0n) is 9.32. The molecule has 2 nitrogen and oxygen atoms in total. The van der Waals surface area contributed by atoms with Gasteiger partial charge in [-0.2, -0.15) is 0 Å². The monoisotopic (exact) mass is 201 g/mol. The van der Waals surface area contributed by atoms with Crippen molar-refractivity contribution in [3.05, 3.63) is 36.4 Å². The van der Waals surface area contributed by atoms with Crippen LogP contribution in [0, 0.1) is 0 Å². The molecular formula is C13H15NO. The number of methoxy groups -OCH3 is 1. The molecule has 0 spiro atoms. The zero-order chi connectivity index (χ0) is 10.8. The molecule has 2 aromatic rings. The van der Waals surface area contributed by atoms with Crippen LogP contribution < -0.4 is 9.64 Å². The van der Waals surface area contributed by atoms with E-state index in [9.17, 15) is 0 Å². The Hall–Kier alpha value is -1.70. The van der Waals surface area contributed by atoms with E-state index in [1.165, 1.54) is 16.5 Å². The van der Waals surface area contributed by atoms with E-state index in [0.29, 0.717) is 0 Å². The largest absolute Gasteiger partial charge is 0.497 e. The number of fused-ring (bicyclic) bond motifs is 1. The molecule has 0 saturated carbocycles. The molecule has 78 valence electrons. The molecule has 0 N–H and O–H groups in total. The van der Waals surface area contributed by atoms with Crippen molar-refractivity contribution in [3.8, 4) is 5.75 Å². The Kier molecular flexibility index (Phi) is 2.50. The van der Waals surface area contributed by atoms with Crippen molar-refractivity contribution in [2.24, 2.45) is 0 Å². The zero-order valence-corrected chi connectivity index (χ0v) is 9.32. The summed E-state index contributed by atoms with van der Waals surface area (Å²) in [5.41, 5.74) is 1.21. The molecule has 0 fully saturated rings. The molecule has 0 radical (unpaired) electrons. The minimum Gasteiger partial charge on any atom is -0.497 e. The van der Waals surface area contributed by atoms with Gasteiger partial charge in [0.2, 0.25) is 0 Å². The van der Waals surface area contributed by atoms with E-state index in [0.717, 1.165) is 5.75 Å². The molecule has 0 atom stereocenters. The highest BCUT2D eigenvalue weighted by atomic mass is 16.5. The molecule has 0 unspecified atom stereocenters. The summed E-state index contributed by atoms with van der Waals surface area (Å²) in [5, 5.41) is 2.46. The van der Waals surface area contributed by atoms with E-state index in [4.69, 9.17) is 4.74 Å². The topological polar surface area (TPSA) is 12.5 Å². The van der Waals surface area contributed by atoms with Gasteiger partial charge in [-0.05, 0) is 23.6 Å². The van der Waals surface area contributed by atoms with Crippen LogP contribution in [0.15, 0.2) is 36.4 Å². The average molecular weight is 201 g/mol. The summed E-state index contributed by atoms with van der Waals surface area (Å²) in [7, 11) is 5.79. The predicted octanol–water partition coefficient (Wildman–Crippen LogP) is 2.91. The van der Waals surface area contributed by atoms with Crippen LogP contribution in [-0.2, 0) is 0 Å². The number of hydrogen-bond donors (Lipinski definition) is 0. The van der Waals surface area contributed by atoms with E-state index in [1.807, 2.05) is 20.2 Å². The summed E-state index contributed by atoms with van der Waals surface area (Å²) < 4.78 is 5.24. The first-order valence-corrected chi connectivity index (χ1v) is 4.96. The third-order valence-electron chi connectivity index (χ3n) is 2.55. The summed E-state index contributed by atoms with van der Waals surface area (Å²) in [6, 6.07) is 12.4. The van der Waals surface area contributed by atoms with E-state index in [-0.39, 0.29) is 0 Å². The van der Waals surface area contributed by atoms with Gasteiger partial charge in [0.25, 0.3) is 0 Å². The maximum atomic E-state index is 5.24. The fraction of sp³-hybridized carbons (Fsp3) is 0.231. The Morgan fingerprint density at radius 3 is 2.53 bits per heavy atom. The van der Waals surface area contributed by atoms with E-state index >= 15 is 0 Å². The van der Waals surface area contributed by atoms with Crippen LogP contribution in [0.2, 0.25) is 0 Å². The Labute approximate surface area is 90.1 Å². The van der Waals surface area contributed by atoms with Crippen molar-refractivity contribution in [2.75, 3.05) is 26.1 Å². The Balaban J connectivity index is 2.70. The fourth-order valence-electron chi connectivity index (χ4n) is 1.75. The molecule has 0 heterocycles. The number of ether oxygens (including phenoxy) is 1. The van der Waals surface area contributed by atoms with Crippen LogP contribution in [0.1, 0.15) is 0 Å². The normalized spacial score (nSPS) is 10.3. The molecule has 0 aliphatic heterocycles. The summed E-state index contributed by atoms with van der Waals surface area (Å²) in [4.78, 5) is 2.11. The molecule has 2 rings (SSSR count). The lowest BCUT2D eigenvalue weighted by molar-refractivity contribution is 0.415. The standard InChI is InChI=1S/C13H15NO/c1-14(2)13-6-4-5-10-7-8-11(15-3)9-12(10)13/h4-9H,1-3H3. The highest BCUT2D eigenvalue weighted by molar-refractivity contribution is 5.95. The summed E-state index contributed by atoms with van der Waals surface area (Å²) in [6.07, 6.45) is 0. The lowest BCUT2D eigenvalue weighted by atomic mass is 10.1. The van der Waals surface area contributed by atoms with E-state index < -0.39 is 0 Å². The average Bonchev–Trinajstić information content (AvgIpc) is 2.27. The molecule has 0 aromatic heterocycles. The molecule has 0 bridgehead atoms. The second-order valence-electron chi connectivity index (χ2n) is 3.76. The van der Waals surface area contributed by atoms with Gasteiger partial charge in [0.05, 0.1) is 7.11 Å². The van der Waals surface area contributed by atoms with Gasteiger partial charge in [0.1, 0.15) is 5.75 Å². The van der Waals surface area contributed by atoms with Gasteiger partial charge < -0.3 is 9.64 Å². The van der Waals surface area contributed by atoms with Crippen molar-refractivity contribution in [1.82, 2.24) is 0 Å². The van der Waals surface area contributed by atoms with Crippen molar-refractivity contribution in [2.45, 2.75) is 0 Å². The van der Waals surface area contributed by atoms with Crippen molar-refractivity contribution >= 4 is 16.5 Å². The van der Waals surface area contributed by atoms with Crippen LogP contribution >= 0.6 is 0 Å². The molecule has 2 heteroatoms. The number of rotatable bonds is 2. The summed E-state index contributed by atoms with van der Waals surface area (Å²) >= 11 is 0. The second kappa shape index (κ2) is 3.81. The molecular weight excluding hydrogens is 186 g/mol. The number of nitrogens with zero attached hydrogens (tertiary/aromatic N) is 1. The summed E-state index contributed by atoms with van der Waals surface area (Å²) in [6.45, 7) is 0. The summed E-state index contributed by atoms with van der Waals surface area (Å²) in [5.74, 6) is 0.900. The van der Waals surface area contributed by atoms with Crippen molar-refractivity contribution in [3.63, 3.8) is 0 Å². The molecule has 0 saturated heterocycles. The smallest absolute Gasteiger partial charge is 0.119 e. The van der Waals surface area contributed by atoms with Crippen LogP contribution in [0.3, 0.4) is 0 Å². The Morgan fingerprint density at radius 2 is 1.87 bits per heavy atom. The lowest BCUT2D eigenvalue weighted by Gasteiger charge is -2.15. The molecule has 0 aliphatic carbocycles. The third kappa shape index (κ3) is 1.75. The van der Waals surface area contributed by atoms with Crippen molar-refractivity contribution < 1.29 is 4.74 Å². The Morgan fingerprint density at radius 1 is 1.07 bits per heavy atom. The van der Waals surface area contributed by atoms with Crippen molar-refractivity contribution in [1.29, 1.82) is 0 Å². The minimum absolute atomic E-state index is 0.900. The molecule has 0 amide bonds. The number of hydrogen-bond acceptors (Lipinski definition) is 2. The quantitative estimate of drug-likeness (QED) is 0.740.